The number of carbonyl (C=O) groups excluding carboxylic acids is 1. The number of unbranched alkanes of at least 4 members (excludes halogenated alkanes) is 3. The molecule has 3 N–H and O–H groups in total. The fourth-order valence-electron chi connectivity index (χ4n) is 8.15. The summed E-state index contributed by atoms with van der Waals surface area (Å²) in [7, 11) is 0. The average molecular weight is 871 g/mol. The summed E-state index contributed by atoms with van der Waals surface area (Å²) in [6, 6.07) is 14.0. The van der Waals surface area contributed by atoms with Gasteiger partial charge in [-0.25, -0.2) is 5.84 Å². The second-order valence-corrected chi connectivity index (χ2v) is 20.2. The minimum Gasteiger partial charge on any atom is -0.420 e. The Labute approximate surface area is 389 Å². The maximum absolute atomic E-state index is 11.8. The standard InChI is InChI=1S/C41H56N4O2.C5H12.C4H10.C3H8.2C2H6/c1-8-11-13-28(10-3)25-41(26-29(14-12-9-2)24-40(5,6)7)35-19-27(4)15-17-33(35)34-18-16-31(23-36(34)41)39-45-44-37(47-39)22-30-20-32(21-30)38(46)43-42;1-5(2,3)4;1-3-4-2;1-3-2;2*1-2/h15-21,23,28-29H,8-14,22,24-26,42H2,1-7H3,(H,43,46);1-4H3;3-4H2,1-2H3;3H2,1-2H3;2*1-2H3. The summed E-state index contributed by atoms with van der Waals surface area (Å²) < 4.78 is 6.26. The molecule has 0 bridgehead atoms. The van der Waals surface area contributed by atoms with Crippen molar-refractivity contribution in [2.75, 3.05) is 0 Å². The maximum Gasteiger partial charge on any atom is 0.265 e. The van der Waals surface area contributed by atoms with Crippen LogP contribution in [0.4, 0.5) is 0 Å². The number of fused-ring (bicyclic) bond motifs is 3. The van der Waals surface area contributed by atoms with Crippen LogP contribution < -0.4 is 11.3 Å². The van der Waals surface area contributed by atoms with Crippen LogP contribution in [0.2, 0.25) is 0 Å². The number of carbonyl (C=O) groups is 1. The van der Waals surface area contributed by atoms with Gasteiger partial charge in [0.05, 0.1) is 6.42 Å². The van der Waals surface area contributed by atoms with Gasteiger partial charge in [0.2, 0.25) is 11.8 Å². The molecule has 0 fully saturated rings. The van der Waals surface area contributed by atoms with Crippen LogP contribution in [-0.2, 0) is 16.6 Å². The Kier molecular flexibility index (Phi) is 28.9. The molecule has 0 aliphatic heterocycles. The van der Waals surface area contributed by atoms with E-state index in [0.29, 0.717) is 41.0 Å². The molecule has 3 aromatic rings. The number of aryl methyl sites for hydroxylation is 1. The molecular weight excluding hydrogens is 773 g/mol. The van der Waals surface area contributed by atoms with E-state index >= 15 is 0 Å². The second kappa shape index (κ2) is 30.6. The second-order valence-electron chi connectivity index (χ2n) is 20.2. The van der Waals surface area contributed by atoms with E-state index in [1.54, 1.807) is 0 Å². The van der Waals surface area contributed by atoms with Crippen molar-refractivity contribution < 1.29 is 9.21 Å². The van der Waals surface area contributed by atoms with Gasteiger partial charge in [0.25, 0.3) is 5.91 Å². The van der Waals surface area contributed by atoms with E-state index in [9.17, 15) is 4.79 Å². The Morgan fingerprint density at radius 2 is 1.22 bits per heavy atom. The first-order valence-corrected chi connectivity index (χ1v) is 25.3. The van der Waals surface area contributed by atoms with Crippen LogP contribution in [0.15, 0.2) is 64.1 Å². The molecule has 0 radical (unpaired) electrons. The Balaban J connectivity index is 0.00000209. The predicted octanol–water partition coefficient (Wildman–Crippen LogP) is 17.3. The number of nitrogens with two attached hydrogens (primary N) is 1. The molecule has 6 nitrogen and oxygen atoms in total. The molecule has 63 heavy (non-hydrogen) atoms. The number of hydrogen-bond acceptors (Lipinski definition) is 5. The van der Waals surface area contributed by atoms with Gasteiger partial charge in [0.1, 0.15) is 0 Å². The molecule has 0 saturated carbocycles. The number of amides is 1. The molecule has 1 aromatic heterocycles. The van der Waals surface area contributed by atoms with Crippen molar-refractivity contribution in [1.29, 1.82) is 0 Å². The topological polar surface area (TPSA) is 94.0 Å². The molecule has 5 rings (SSSR count). The summed E-state index contributed by atoms with van der Waals surface area (Å²) >= 11 is 0. The van der Waals surface area contributed by atoms with E-state index in [1.165, 1.54) is 98.4 Å². The largest absolute Gasteiger partial charge is 0.420 e. The van der Waals surface area contributed by atoms with E-state index in [0.717, 1.165) is 24.0 Å². The lowest BCUT2D eigenvalue weighted by Gasteiger charge is -2.40. The first-order valence-electron chi connectivity index (χ1n) is 25.3. The fraction of sp³-hybridized carbons (Fsp3) is 0.667. The van der Waals surface area contributed by atoms with Crippen LogP contribution in [0.25, 0.3) is 22.6 Å². The summed E-state index contributed by atoms with van der Waals surface area (Å²) in [6.07, 6.45) is 20.3. The molecule has 0 spiro atoms. The fourth-order valence-corrected chi connectivity index (χ4v) is 8.15. The van der Waals surface area contributed by atoms with E-state index in [2.05, 4.69) is 156 Å². The number of nitrogens with one attached hydrogen (secondary N) is 1. The van der Waals surface area contributed by atoms with E-state index < -0.39 is 0 Å². The zero-order chi connectivity index (χ0) is 48.4. The summed E-state index contributed by atoms with van der Waals surface area (Å²) in [5.41, 5.74) is 12.4. The number of nitrogens with zero attached hydrogens (tertiary/aromatic N) is 2. The van der Waals surface area contributed by atoms with E-state index in [1.807, 2.05) is 39.8 Å². The zero-order valence-electron chi connectivity index (χ0n) is 44.5. The molecular formula is C57H98N4O2. The molecule has 2 aromatic carbocycles. The van der Waals surface area contributed by atoms with Crippen molar-refractivity contribution in [2.45, 2.75) is 227 Å². The quantitative estimate of drug-likeness (QED) is 0.0800. The Bertz CT molecular complexity index is 1760. The highest BCUT2D eigenvalue weighted by Gasteiger charge is 2.46. The van der Waals surface area contributed by atoms with E-state index in [-0.39, 0.29) is 16.7 Å². The molecule has 0 saturated heterocycles. The zero-order valence-corrected chi connectivity index (χ0v) is 44.5. The third-order valence-electron chi connectivity index (χ3n) is 10.8. The minimum atomic E-state index is -0.294. The number of aromatic nitrogens is 2. The van der Waals surface area contributed by atoms with Gasteiger partial charge in [-0.1, -0.05) is 219 Å². The van der Waals surface area contributed by atoms with Crippen molar-refractivity contribution in [3.05, 3.63) is 82.3 Å². The summed E-state index contributed by atoms with van der Waals surface area (Å²) in [6.45, 7) is 41.9. The third-order valence-corrected chi connectivity index (χ3v) is 10.8. The number of rotatable bonds is 17. The number of benzene rings is 2. The van der Waals surface area contributed by atoms with Crippen LogP contribution in [0.3, 0.4) is 0 Å². The third kappa shape index (κ3) is 20.5. The van der Waals surface area contributed by atoms with Gasteiger partial charge < -0.3 is 4.42 Å². The molecule has 3 atom stereocenters. The van der Waals surface area contributed by atoms with Crippen LogP contribution in [0, 0.1) is 29.6 Å². The lowest BCUT2D eigenvalue weighted by atomic mass is 9.63. The molecule has 1 heterocycles. The highest BCUT2D eigenvalue weighted by atomic mass is 16.4. The van der Waals surface area contributed by atoms with Gasteiger partial charge in [-0.3, -0.25) is 10.2 Å². The van der Waals surface area contributed by atoms with Crippen molar-refractivity contribution in [1.82, 2.24) is 15.6 Å². The van der Waals surface area contributed by atoms with Crippen LogP contribution in [-0.4, -0.2) is 16.1 Å². The molecule has 6 heteroatoms. The average Bonchev–Trinajstić information content (AvgIpc) is 3.80. The van der Waals surface area contributed by atoms with Crippen molar-refractivity contribution in [2.24, 2.45) is 28.5 Å². The first kappa shape index (κ1) is 59.5. The van der Waals surface area contributed by atoms with Gasteiger partial charge in [-0.05, 0) is 101 Å². The highest BCUT2D eigenvalue weighted by molar-refractivity contribution is 5.98. The number of hydrogen-bond donors (Lipinski definition) is 2. The van der Waals surface area contributed by atoms with Gasteiger partial charge >= 0.3 is 0 Å². The summed E-state index contributed by atoms with van der Waals surface area (Å²) in [5.74, 6) is 7.34. The number of hydrazine groups is 1. The molecule has 1 amide bonds. The van der Waals surface area contributed by atoms with Gasteiger partial charge in [-0.2, -0.15) is 0 Å². The number of allylic oxidation sites excluding steroid dienone is 2. The highest BCUT2D eigenvalue weighted by Crippen LogP contribution is 2.57. The summed E-state index contributed by atoms with van der Waals surface area (Å²) in [5, 5.41) is 8.90. The van der Waals surface area contributed by atoms with Crippen molar-refractivity contribution in [3.8, 4) is 22.6 Å². The Morgan fingerprint density at radius 1 is 0.730 bits per heavy atom. The first-order chi connectivity index (χ1) is 29.8. The maximum atomic E-state index is 11.8. The van der Waals surface area contributed by atoms with Gasteiger partial charge in [-0.15, -0.1) is 10.2 Å². The van der Waals surface area contributed by atoms with Crippen LogP contribution >= 0.6 is 0 Å². The minimum absolute atomic E-state index is 0.0743. The van der Waals surface area contributed by atoms with Gasteiger partial charge in [0.15, 0.2) is 0 Å². The molecule has 3 unspecified atom stereocenters. The molecule has 2 aliphatic carbocycles. The van der Waals surface area contributed by atoms with Crippen molar-refractivity contribution in [3.63, 3.8) is 0 Å². The lowest BCUT2D eigenvalue weighted by molar-refractivity contribution is -0.117. The van der Waals surface area contributed by atoms with Crippen molar-refractivity contribution >= 4 is 5.91 Å². The smallest absolute Gasteiger partial charge is 0.265 e. The molecule has 2 aliphatic rings. The van der Waals surface area contributed by atoms with Crippen LogP contribution in [0.5, 0.6) is 0 Å². The Morgan fingerprint density at radius 3 is 1.70 bits per heavy atom. The monoisotopic (exact) mass is 871 g/mol. The Hall–Kier alpha value is -3.51. The lowest BCUT2D eigenvalue weighted by Crippen LogP contribution is -2.33. The summed E-state index contributed by atoms with van der Waals surface area (Å²) in [4.78, 5) is 11.8. The van der Waals surface area contributed by atoms with Crippen LogP contribution in [0.1, 0.15) is 231 Å². The normalized spacial score (nSPS) is 15.4. The van der Waals surface area contributed by atoms with Gasteiger partial charge in [0, 0.05) is 16.6 Å². The van der Waals surface area contributed by atoms with E-state index in [4.69, 9.17) is 10.3 Å². The predicted molar refractivity (Wildman–Crippen MR) is 277 cm³/mol. The molecule has 358 valence electrons. The SMILES string of the molecule is CC.CC.CC(C)(C)C.CCC.CCCC.CCCCC(CC)CC1(CC(CCCC)CC(C)(C)C)c2cc(C)ccc2-c2ccc(-c3nnc(CC4=CC(C(=O)NN)=C4)o3)cc21.